The molecule has 6 nitrogen and oxygen atoms in total. The molecule has 23 heavy (non-hydrogen) atoms. The number of aliphatic hydroxyl groups excluding tert-OH is 1. The highest BCUT2D eigenvalue weighted by molar-refractivity contribution is 6.35. The first-order valence-electron chi connectivity index (χ1n) is 7.67. The Bertz CT molecular complexity index is 745. The van der Waals surface area contributed by atoms with Crippen molar-refractivity contribution in [3.05, 3.63) is 39.1 Å². The van der Waals surface area contributed by atoms with Crippen molar-refractivity contribution in [3.63, 3.8) is 0 Å². The highest BCUT2D eigenvalue weighted by atomic mass is 35.5. The molecule has 4 rings (SSSR count). The summed E-state index contributed by atoms with van der Waals surface area (Å²) in [6, 6.07) is 3.89. The average Bonchev–Trinajstić information content (AvgIpc) is 3.13. The molecule has 0 aliphatic heterocycles. The minimum absolute atomic E-state index is 0.162. The van der Waals surface area contributed by atoms with Crippen LogP contribution in [0.25, 0.3) is 0 Å². The van der Waals surface area contributed by atoms with Crippen LogP contribution in [-0.2, 0) is 13.0 Å². The fraction of sp³-hybridized carbons (Fsp3) is 0.533. The fourth-order valence-electron chi connectivity index (χ4n) is 3.40. The molecule has 1 heterocycles. The minimum atomic E-state index is -0.517. The van der Waals surface area contributed by atoms with Gasteiger partial charge in [-0.15, -0.1) is 5.10 Å². The number of halogens is 2. The van der Waals surface area contributed by atoms with Crippen molar-refractivity contribution in [2.75, 3.05) is 7.05 Å². The Labute approximate surface area is 144 Å². The summed E-state index contributed by atoms with van der Waals surface area (Å²) in [5.41, 5.74) is 1.96. The number of aliphatic hydroxyl groups is 1. The molecule has 0 radical (unpaired) electrons. The first kappa shape index (κ1) is 15.3. The van der Waals surface area contributed by atoms with E-state index in [-0.39, 0.29) is 6.04 Å². The number of rotatable bonds is 4. The van der Waals surface area contributed by atoms with Crippen molar-refractivity contribution < 1.29 is 5.11 Å². The van der Waals surface area contributed by atoms with Crippen LogP contribution < -0.4 is 0 Å². The smallest absolute Gasteiger partial charge is 0.165 e. The summed E-state index contributed by atoms with van der Waals surface area (Å²) in [7, 11) is 1.96. The van der Waals surface area contributed by atoms with Gasteiger partial charge in [0.25, 0.3) is 0 Å². The Hall–Kier alpha value is -1.21. The molecule has 2 atom stereocenters. The second kappa shape index (κ2) is 5.70. The predicted octanol–water partition coefficient (Wildman–Crippen LogP) is 2.40. The van der Waals surface area contributed by atoms with Crippen LogP contribution in [0.2, 0.25) is 10.0 Å². The lowest BCUT2D eigenvalue weighted by Gasteiger charge is -2.27. The van der Waals surface area contributed by atoms with Crippen molar-refractivity contribution in [3.8, 4) is 0 Å². The van der Waals surface area contributed by atoms with Crippen molar-refractivity contribution in [1.29, 1.82) is 0 Å². The number of benzene rings is 1. The van der Waals surface area contributed by atoms with Gasteiger partial charge in [0.15, 0.2) is 5.82 Å². The van der Waals surface area contributed by atoms with Gasteiger partial charge >= 0.3 is 0 Å². The standard InChI is InChI=1S/C15H17Cl2N5O/c1-21(7-14-18-19-20-22(14)9-2-3-9)15-11-4-8(16)5-12(17)10(11)6-13(15)23/h4-5,9,13,15,23H,2-3,6-7H2,1H3/t13-,15+/m0/s1. The zero-order valence-corrected chi connectivity index (χ0v) is 14.2. The Balaban J connectivity index is 1.61. The zero-order valence-electron chi connectivity index (χ0n) is 12.7. The lowest BCUT2D eigenvalue weighted by molar-refractivity contribution is 0.0703. The first-order valence-corrected chi connectivity index (χ1v) is 8.43. The van der Waals surface area contributed by atoms with Crippen LogP contribution in [0, 0.1) is 0 Å². The second-order valence-electron chi connectivity index (χ2n) is 6.36. The van der Waals surface area contributed by atoms with Gasteiger partial charge in [0, 0.05) is 16.5 Å². The van der Waals surface area contributed by atoms with Gasteiger partial charge in [-0.2, -0.15) is 0 Å². The van der Waals surface area contributed by atoms with E-state index in [0.717, 1.165) is 29.8 Å². The number of aromatic nitrogens is 4. The molecule has 122 valence electrons. The van der Waals surface area contributed by atoms with Crippen LogP contribution >= 0.6 is 23.2 Å². The van der Waals surface area contributed by atoms with Crippen LogP contribution in [0.4, 0.5) is 0 Å². The van der Waals surface area contributed by atoms with Gasteiger partial charge < -0.3 is 5.11 Å². The van der Waals surface area contributed by atoms with Gasteiger partial charge in [-0.3, -0.25) is 4.90 Å². The van der Waals surface area contributed by atoms with E-state index in [4.69, 9.17) is 23.2 Å². The Morgan fingerprint density at radius 2 is 2.13 bits per heavy atom. The summed E-state index contributed by atoms with van der Waals surface area (Å²) in [5, 5.41) is 23.7. The Kier molecular flexibility index (Phi) is 3.80. The van der Waals surface area contributed by atoms with Crippen molar-refractivity contribution in [2.24, 2.45) is 0 Å². The maximum atomic E-state index is 10.5. The third-order valence-electron chi connectivity index (χ3n) is 4.61. The van der Waals surface area contributed by atoms with Crippen molar-refractivity contribution in [2.45, 2.75) is 44.0 Å². The van der Waals surface area contributed by atoms with Crippen molar-refractivity contribution in [1.82, 2.24) is 25.1 Å². The van der Waals surface area contributed by atoms with Gasteiger partial charge in [-0.05, 0) is 53.6 Å². The average molecular weight is 354 g/mol. The largest absolute Gasteiger partial charge is 0.391 e. The van der Waals surface area contributed by atoms with E-state index < -0.39 is 6.10 Å². The highest BCUT2D eigenvalue weighted by Gasteiger charge is 2.37. The highest BCUT2D eigenvalue weighted by Crippen LogP contribution is 2.41. The van der Waals surface area contributed by atoms with Crippen LogP contribution in [-0.4, -0.2) is 43.4 Å². The lowest BCUT2D eigenvalue weighted by Crippen LogP contribution is -2.31. The third-order valence-corrected chi connectivity index (χ3v) is 5.17. The fourth-order valence-corrected chi connectivity index (χ4v) is 3.99. The number of nitrogens with zero attached hydrogens (tertiary/aromatic N) is 5. The summed E-state index contributed by atoms with van der Waals surface area (Å²) in [4.78, 5) is 2.06. The molecule has 2 aliphatic carbocycles. The summed E-state index contributed by atoms with van der Waals surface area (Å²) < 4.78 is 1.89. The van der Waals surface area contributed by atoms with Gasteiger partial charge in [0.1, 0.15) is 0 Å². The minimum Gasteiger partial charge on any atom is -0.391 e. The third kappa shape index (κ3) is 2.74. The maximum absolute atomic E-state index is 10.5. The molecule has 0 saturated heterocycles. The molecule has 2 aliphatic rings. The molecule has 1 saturated carbocycles. The van der Waals surface area contributed by atoms with E-state index in [1.807, 2.05) is 17.8 Å². The Morgan fingerprint density at radius 3 is 2.87 bits per heavy atom. The molecule has 2 aromatic rings. The number of hydrogen-bond donors (Lipinski definition) is 1. The number of tetrazole rings is 1. The number of hydrogen-bond acceptors (Lipinski definition) is 5. The van der Waals surface area contributed by atoms with Gasteiger partial charge in [0.05, 0.1) is 24.7 Å². The normalized spacial score (nSPS) is 23.5. The van der Waals surface area contributed by atoms with Crippen LogP contribution in [0.3, 0.4) is 0 Å². The molecule has 1 fully saturated rings. The molecule has 0 unspecified atom stereocenters. The van der Waals surface area contributed by atoms with E-state index in [2.05, 4.69) is 20.4 Å². The van der Waals surface area contributed by atoms with E-state index in [1.165, 1.54) is 0 Å². The molecule has 1 N–H and O–H groups in total. The first-order chi connectivity index (χ1) is 11.0. The van der Waals surface area contributed by atoms with Gasteiger partial charge in [0.2, 0.25) is 0 Å². The summed E-state index contributed by atoms with van der Waals surface area (Å²) in [6.07, 6.45) is 2.27. The van der Waals surface area contributed by atoms with Crippen LogP contribution in [0.15, 0.2) is 12.1 Å². The summed E-state index contributed by atoms with van der Waals surface area (Å²) in [5.74, 6) is 0.823. The summed E-state index contributed by atoms with van der Waals surface area (Å²) in [6.45, 7) is 0.564. The zero-order chi connectivity index (χ0) is 16.1. The summed E-state index contributed by atoms with van der Waals surface area (Å²) >= 11 is 12.4. The van der Waals surface area contributed by atoms with Crippen molar-refractivity contribution >= 4 is 23.2 Å². The van der Waals surface area contributed by atoms with E-state index >= 15 is 0 Å². The molecule has 8 heteroatoms. The molecular weight excluding hydrogens is 337 g/mol. The SMILES string of the molecule is CN(Cc1nnnn1C1CC1)[C@@H]1c2cc(Cl)cc(Cl)c2C[C@@H]1O. The molecule has 0 spiro atoms. The van der Waals surface area contributed by atoms with E-state index in [1.54, 1.807) is 6.07 Å². The quantitative estimate of drug-likeness (QED) is 0.913. The second-order valence-corrected chi connectivity index (χ2v) is 7.20. The molecule has 0 amide bonds. The predicted molar refractivity (Wildman–Crippen MR) is 86.5 cm³/mol. The van der Waals surface area contributed by atoms with Gasteiger partial charge in [-0.1, -0.05) is 23.2 Å². The van der Waals surface area contributed by atoms with Crippen LogP contribution in [0.5, 0.6) is 0 Å². The lowest BCUT2D eigenvalue weighted by atomic mass is 10.1. The van der Waals surface area contributed by atoms with E-state index in [9.17, 15) is 5.11 Å². The van der Waals surface area contributed by atoms with Crippen LogP contribution in [0.1, 0.15) is 41.9 Å². The Morgan fingerprint density at radius 1 is 1.35 bits per heavy atom. The van der Waals surface area contributed by atoms with E-state index in [0.29, 0.717) is 29.1 Å². The number of likely N-dealkylation sites (N-methyl/N-ethyl adjacent to an activating group) is 1. The van der Waals surface area contributed by atoms with Gasteiger partial charge in [-0.25, -0.2) is 4.68 Å². The molecule has 1 aromatic carbocycles. The molecule has 0 bridgehead atoms. The maximum Gasteiger partial charge on any atom is 0.165 e. The topological polar surface area (TPSA) is 67.1 Å². The monoisotopic (exact) mass is 353 g/mol. The molecule has 1 aromatic heterocycles. The molecular formula is C15H17Cl2N5O. The number of fused-ring (bicyclic) bond motifs is 1.